The van der Waals surface area contributed by atoms with Crippen LogP contribution in [0.5, 0.6) is 11.5 Å². The first kappa shape index (κ1) is 28.5. The lowest BCUT2D eigenvalue weighted by molar-refractivity contribution is -0.133. The molecule has 3 aliphatic rings. The first-order chi connectivity index (χ1) is 19.5. The maximum atomic E-state index is 13.8. The number of morpholine rings is 1. The van der Waals surface area contributed by atoms with Gasteiger partial charge >= 0.3 is 0 Å². The van der Waals surface area contributed by atoms with Crippen LogP contribution in [0.3, 0.4) is 0 Å². The van der Waals surface area contributed by atoms with E-state index in [1.165, 1.54) is 12.8 Å². The highest BCUT2D eigenvalue weighted by Gasteiger charge is 2.30. The number of rotatable bonds is 6. The van der Waals surface area contributed by atoms with E-state index < -0.39 is 12.0 Å². The minimum absolute atomic E-state index is 0.0691. The standard InChI is InChI=1S/C33H42N2O5/c36-28-12-11-25-7-3-9-29(19-25)40-30-10-4-8-26(20-30)21-31(32(37)22-24-5-1-2-6-24)34-33(38)27(23-28)13-14-35-15-17-39-18-16-35/h3-4,7-10,19-20,24,27,31H,1-2,5-6,11-18,21-23H2,(H,34,38)/t27-,31+/m1/s1. The van der Waals surface area contributed by atoms with Crippen molar-refractivity contribution in [2.24, 2.45) is 11.8 Å². The summed E-state index contributed by atoms with van der Waals surface area (Å²) < 4.78 is 11.6. The van der Waals surface area contributed by atoms with Crippen LogP contribution in [0.4, 0.5) is 0 Å². The number of ether oxygens (including phenoxy) is 2. The Bertz CT molecular complexity index is 1170. The molecule has 1 saturated heterocycles. The molecule has 0 radical (unpaired) electrons. The molecule has 2 aliphatic heterocycles. The lowest BCUT2D eigenvalue weighted by Gasteiger charge is -2.29. The normalized spacial score (nSPS) is 23.4. The molecule has 2 atom stereocenters. The Labute approximate surface area is 237 Å². The molecule has 1 aliphatic carbocycles. The lowest BCUT2D eigenvalue weighted by Crippen LogP contribution is -2.46. The third-order valence-electron chi connectivity index (χ3n) is 8.58. The van der Waals surface area contributed by atoms with Crippen LogP contribution in [0.2, 0.25) is 0 Å². The van der Waals surface area contributed by atoms with E-state index in [-0.39, 0.29) is 23.9 Å². The third-order valence-corrected chi connectivity index (χ3v) is 8.58. The van der Waals surface area contributed by atoms with E-state index in [2.05, 4.69) is 10.2 Å². The Balaban J connectivity index is 1.39. The van der Waals surface area contributed by atoms with Crippen molar-refractivity contribution >= 4 is 17.5 Å². The number of hydrogen-bond donors (Lipinski definition) is 1. The second-order valence-corrected chi connectivity index (χ2v) is 11.7. The predicted molar refractivity (Wildman–Crippen MR) is 153 cm³/mol. The number of nitrogens with zero attached hydrogens (tertiary/aromatic N) is 1. The summed E-state index contributed by atoms with van der Waals surface area (Å²) >= 11 is 0. The Kier molecular flexibility index (Phi) is 10.0. The average molecular weight is 547 g/mol. The van der Waals surface area contributed by atoms with Gasteiger partial charge in [0.05, 0.1) is 19.3 Å². The fourth-order valence-corrected chi connectivity index (χ4v) is 6.20. The van der Waals surface area contributed by atoms with Crippen molar-refractivity contribution in [1.29, 1.82) is 0 Å². The van der Waals surface area contributed by atoms with E-state index in [4.69, 9.17) is 9.47 Å². The number of hydrogen-bond acceptors (Lipinski definition) is 6. The Morgan fingerprint density at radius 3 is 2.35 bits per heavy atom. The van der Waals surface area contributed by atoms with Crippen molar-refractivity contribution in [3.8, 4) is 11.5 Å². The average Bonchev–Trinajstić information content (AvgIpc) is 3.47. The quantitative estimate of drug-likeness (QED) is 0.555. The maximum absolute atomic E-state index is 13.8. The molecule has 2 aromatic rings. The maximum Gasteiger partial charge on any atom is 0.224 e. The molecule has 2 heterocycles. The number of ketones is 2. The number of fused-ring (bicyclic) bond motifs is 4. The van der Waals surface area contributed by atoms with E-state index in [9.17, 15) is 14.4 Å². The summed E-state index contributed by atoms with van der Waals surface area (Å²) in [5.41, 5.74) is 1.97. The Hall–Kier alpha value is -3.03. The van der Waals surface area contributed by atoms with Gasteiger partial charge in [-0.25, -0.2) is 0 Å². The number of aryl methyl sites for hydroxylation is 1. The molecule has 0 aromatic heterocycles. The molecule has 2 aromatic carbocycles. The molecule has 4 bridgehead atoms. The molecule has 40 heavy (non-hydrogen) atoms. The summed E-state index contributed by atoms with van der Waals surface area (Å²) in [5, 5.41) is 3.12. The van der Waals surface area contributed by atoms with Gasteiger partial charge in [-0.1, -0.05) is 49.9 Å². The third kappa shape index (κ3) is 8.24. The topological polar surface area (TPSA) is 84.9 Å². The number of benzene rings is 2. The zero-order valence-corrected chi connectivity index (χ0v) is 23.4. The van der Waals surface area contributed by atoms with Gasteiger partial charge in [0.25, 0.3) is 0 Å². The van der Waals surface area contributed by atoms with Crippen molar-refractivity contribution in [3.05, 3.63) is 59.7 Å². The van der Waals surface area contributed by atoms with Crippen LogP contribution in [-0.2, 0) is 32.0 Å². The van der Waals surface area contributed by atoms with Crippen molar-refractivity contribution in [2.75, 3.05) is 32.8 Å². The van der Waals surface area contributed by atoms with Gasteiger partial charge in [-0.05, 0) is 67.1 Å². The monoisotopic (exact) mass is 546 g/mol. The summed E-state index contributed by atoms with van der Waals surface area (Å²) in [5.74, 6) is 1.30. The fraction of sp³-hybridized carbons (Fsp3) is 0.545. The van der Waals surface area contributed by atoms with Crippen LogP contribution >= 0.6 is 0 Å². The second kappa shape index (κ2) is 14.0. The zero-order valence-electron chi connectivity index (χ0n) is 23.4. The van der Waals surface area contributed by atoms with Crippen molar-refractivity contribution in [2.45, 2.75) is 70.3 Å². The van der Waals surface area contributed by atoms with Crippen molar-refractivity contribution in [3.63, 3.8) is 0 Å². The number of carbonyl (C=O) groups is 3. The van der Waals surface area contributed by atoms with Gasteiger partial charge in [0, 0.05) is 38.3 Å². The van der Waals surface area contributed by atoms with Gasteiger partial charge in [0.2, 0.25) is 5.91 Å². The van der Waals surface area contributed by atoms with Crippen LogP contribution in [-0.4, -0.2) is 61.3 Å². The highest BCUT2D eigenvalue weighted by atomic mass is 16.5. The zero-order chi connectivity index (χ0) is 27.7. The largest absolute Gasteiger partial charge is 0.457 e. The molecule has 2 fully saturated rings. The summed E-state index contributed by atoms with van der Waals surface area (Å²) in [7, 11) is 0. The Morgan fingerprint density at radius 1 is 0.900 bits per heavy atom. The minimum Gasteiger partial charge on any atom is -0.457 e. The molecular formula is C33H42N2O5. The van der Waals surface area contributed by atoms with Gasteiger partial charge in [0.15, 0.2) is 5.78 Å². The summed E-state index contributed by atoms with van der Waals surface area (Å²) in [6.07, 6.45) is 7.11. The summed E-state index contributed by atoms with van der Waals surface area (Å²) in [6.45, 7) is 3.78. The summed E-state index contributed by atoms with van der Waals surface area (Å²) in [6, 6.07) is 15.0. The van der Waals surface area contributed by atoms with Gasteiger partial charge in [-0.15, -0.1) is 0 Å². The lowest BCUT2D eigenvalue weighted by atomic mass is 9.91. The molecule has 7 heteroatoms. The van der Waals surface area contributed by atoms with Gasteiger partial charge in [0.1, 0.15) is 17.3 Å². The van der Waals surface area contributed by atoms with E-state index in [0.717, 1.165) is 49.4 Å². The molecule has 1 saturated carbocycles. The van der Waals surface area contributed by atoms with Crippen LogP contribution < -0.4 is 10.1 Å². The number of nitrogens with one attached hydrogen (secondary N) is 1. The molecule has 0 unspecified atom stereocenters. The molecule has 1 N–H and O–H groups in total. The fourth-order valence-electron chi connectivity index (χ4n) is 6.20. The van der Waals surface area contributed by atoms with Gasteiger partial charge in [-0.2, -0.15) is 0 Å². The minimum atomic E-state index is -0.624. The van der Waals surface area contributed by atoms with Crippen LogP contribution in [0, 0.1) is 11.8 Å². The van der Waals surface area contributed by atoms with E-state index in [1.54, 1.807) is 0 Å². The molecule has 214 valence electrons. The molecule has 7 nitrogen and oxygen atoms in total. The highest BCUT2D eigenvalue weighted by Crippen LogP contribution is 2.29. The van der Waals surface area contributed by atoms with Crippen LogP contribution in [0.25, 0.3) is 0 Å². The number of amides is 1. The van der Waals surface area contributed by atoms with Crippen LogP contribution in [0.15, 0.2) is 48.5 Å². The molecule has 5 rings (SSSR count). The Morgan fingerprint density at radius 2 is 1.60 bits per heavy atom. The molecule has 1 amide bonds. The first-order valence-electron chi connectivity index (χ1n) is 15.0. The van der Waals surface area contributed by atoms with Gasteiger partial charge in [-0.3, -0.25) is 19.3 Å². The van der Waals surface area contributed by atoms with Crippen LogP contribution in [0.1, 0.15) is 62.5 Å². The number of Topliss-reactive ketones (excluding diaryl/α,β-unsaturated/α-hetero) is 2. The predicted octanol–water partition coefficient (Wildman–Crippen LogP) is 4.90. The summed E-state index contributed by atoms with van der Waals surface area (Å²) in [4.78, 5) is 42.8. The smallest absolute Gasteiger partial charge is 0.224 e. The van der Waals surface area contributed by atoms with Gasteiger partial charge < -0.3 is 14.8 Å². The number of carbonyl (C=O) groups excluding carboxylic acids is 3. The second-order valence-electron chi connectivity index (χ2n) is 11.7. The molecule has 0 spiro atoms. The van der Waals surface area contributed by atoms with Crippen molar-refractivity contribution in [1.82, 2.24) is 10.2 Å². The van der Waals surface area contributed by atoms with E-state index >= 15 is 0 Å². The first-order valence-corrected chi connectivity index (χ1v) is 15.0. The SMILES string of the molecule is O=C1CCc2cccc(c2)Oc2cccc(c2)C[C@@H](C(=O)CC2CCCC2)NC(=O)[C@H](CCN2CCOCC2)C1. The van der Waals surface area contributed by atoms with Crippen molar-refractivity contribution < 1.29 is 23.9 Å². The highest BCUT2D eigenvalue weighted by molar-refractivity contribution is 5.92. The van der Waals surface area contributed by atoms with E-state index in [0.29, 0.717) is 57.0 Å². The molecular weight excluding hydrogens is 504 g/mol. The van der Waals surface area contributed by atoms with E-state index in [1.807, 2.05) is 48.5 Å².